The second-order valence-corrected chi connectivity index (χ2v) is 24.8. The number of ether oxygens (including phenoxy) is 2. The van der Waals surface area contributed by atoms with Gasteiger partial charge in [0.1, 0.15) is 29.5 Å². The van der Waals surface area contributed by atoms with Crippen LogP contribution in [0.25, 0.3) is 21.7 Å². The first-order valence-electron chi connectivity index (χ1n) is 29.3. The number of nitrogens with two attached hydrogens (primary N) is 1. The summed E-state index contributed by atoms with van der Waals surface area (Å²) in [4.78, 5) is 48.9. The Hall–Kier alpha value is -6.94. The number of nitrogens with zero attached hydrogens (tertiary/aromatic N) is 10. The molecule has 6 aliphatic rings. The summed E-state index contributed by atoms with van der Waals surface area (Å²) in [6.45, 7) is 12.2. The molecule has 1 saturated carbocycles. The molecule has 21 heteroatoms. The van der Waals surface area contributed by atoms with Crippen LogP contribution in [-0.4, -0.2) is 158 Å². The number of anilines is 4. The van der Waals surface area contributed by atoms with Crippen LogP contribution in [0.15, 0.2) is 89.0 Å². The van der Waals surface area contributed by atoms with Crippen LogP contribution in [0.3, 0.4) is 0 Å². The Labute approximate surface area is 482 Å². The molecule has 5 saturated heterocycles. The molecule has 6 aromatic rings. The first-order valence-corrected chi connectivity index (χ1v) is 30.1. The number of aliphatic hydroxyl groups excluding tert-OH is 1. The number of phenols is 1. The Morgan fingerprint density at radius 1 is 0.878 bits per heavy atom. The van der Waals surface area contributed by atoms with Gasteiger partial charge in [-0.1, -0.05) is 55.4 Å². The average molecular weight is 1140 g/mol. The van der Waals surface area contributed by atoms with Crippen LogP contribution in [-0.2, 0) is 14.3 Å². The lowest BCUT2D eigenvalue weighted by Gasteiger charge is -2.44. The van der Waals surface area contributed by atoms with Crippen LogP contribution >= 0.6 is 11.3 Å². The van der Waals surface area contributed by atoms with Gasteiger partial charge in [0.05, 0.1) is 51.8 Å². The summed E-state index contributed by atoms with van der Waals surface area (Å²) in [5, 5.41) is 37.3. The molecular weight excluding hydrogens is 1060 g/mol. The molecule has 1 aliphatic carbocycles. The van der Waals surface area contributed by atoms with Gasteiger partial charge in [-0.05, 0) is 80.8 Å². The molecule has 0 radical (unpaired) electrons. The predicted molar refractivity (Wildman–Crippen MR) is 312 cm³/mol. The van der Waals surface area contributed by atoms with Gasteiger partial charge < -0.3 is 54.9 Å². The van der Waals surface area contributed by atoms with Crippen LogP contribution in [0.2, 0.25) is 0 Å². The third kappa shape index (κ3) is 11.7. The van der Waals surface area contributed by atoms with E-state index in [2.05, 4.69) is 57.5 Å². The van der Waals surface area contributed by atoms with Crippen molar-refractivity contribution in [1.82, 2.24) is 40.4 Å². The molecule has 2 aromatic carbocycles. The number of hydrogen-bond donors (Lipinski definition) is 4. The van der Waals surface area contributed by atoms with E-state index < -0.39 is 23.7 Å². The number of piperazine rings is 1. The lowest BCUT2D eigenvalue weighted by Crippen LogP contribution is -2.54. The minimum absolute atomic E-state index is 0.0319. The van der Waals surface area contributed by atoms with Gasteiger partial charge >= 0.3 is 0 Å². The molecule has 2 bridgehead atoms. The smallest absolute Gasteiger partial charge is 0.243 e. The Balaban J connectivity index is 0.572. The number of piperidine rings is 2. The number of nitrogens with one attached hydrogen (secondary N) is 1. The third-order valence-corrected chi connectivity index (χ3v) is 18.9. The number of thiazole rings is 1. The van der Waals surface area contributed by atoms with E-state index in [1.165, 1.54) is 4.90 Å². The topological polar surface area (TPSA) is 225 Å². The van der Waals surface area contributed by atoms with Gasteiger partial charge in [0.2, 0.25) is 17.7 Å². The Morgan fingerprint density at radius 3 is 2.33 bits per heavy atom. The van der Waals surface area contributed by atoms with E-state index >= 15 is 4.39 Å². The standard InChI is InChI=1S/C61H75FN12O7S/c1-36(2)56(60(78)73-33-44(75)26-51(73)59(77)66-37(3)39-9-11-40(12-10-39)57-38(4)65-35-82-57)53-30-54(69-81-53)71-23-18-61(62,19-24-71)34-70-21-16-45(17-22-70)79-46-27-47(28-46)80-55-25-41(15-20-64-55)74-42-13-14-43(74)32-72(31-42)50-29-49(67-68-58(50)63)48-7-5-6-8-52(48)76/h5-12,15,20,25,29-30,35-37,42-47,51,56,75-76H,13-14,16-19,21-24,26-28,31-34H2,1-4H3,(H2,63,68)(H,66,77)/t37-,42?,43?,44+,46?,47?,51-,56+/m0/s1. The molecule has 6 atom stereocenters. The maximum atomic E-state index is 16.6. The van der Waals surface area contributed by atoms with Gasteiger partial charge in [-0.25, -0.2) is 14.4 Å². The normalized spacial score (nSPS) is 24.6. The number of aromatic nitrogens is 5. The lowest BCUT2D eigenvalue weighted by molar-refractivity contribution is -0.141. The maximum absolute atomic E-state index is 16.6. The fourth-order valence-electron chi connectivity index (χ4n) is 13.4. The molecule has 82 heavy (non-hydrogen) atoms. The zero-order valence-corrected chi connectivity index (χ0v) is 48.0. The summed E-state index contributed by atoms with van der Waals surface area (Å²) in [5.74, 6) is 0.556. The van der Waals surface area contributed by atoms with E-state index in [-0.39, 0.29) is 72.9 Å². The van der Waals surface area contributed by atoms with Crippen LogP contribution in [0.5, 0.6) is 11.6 Å². The first kappa shape index (κ1) is 55.6. The highest BCUT2D eigenvalue weighted by Crippen LogP contribution is 2.42. The van der Waals surface area contributed by atoms with Gasteiger partial charge in [-0.15, -0.1) is 21.5 Å². The summed E-state index contributed by atoms with van der Waals surface area (Å²) < 4.78 is 35.5. The van der Waals surface area contributed by atoms with Crippen molar-refractivity contribution in [3.8, 4) is 33.3 Å². The summed E-state index contributed by atoms with van der Waals surface area (Å²) in [5.41, 5.74) is 13.0. The SMILES string of the molecule is Cc1ncsc1-c1ccc([C@H](C)NC(=O)[C@@H]2C[C@@H](O)CN2C(=O)[C@@H](c2cc(N3CCC(F)(CN4CCC(OC5CC(Oc6cc(N7C8CCC7CN(c7cc(-c9ccccc9O)nnc7N)C8)ccn6)C5)CC4)CC3)no2)C(C)C)cc1. The molecule has 6 fully saturated rings. The van der Waals surface area contributed by atoms with Crippen molar-refractivity contribution in [1.29, 1.82) is 0 Å². The van der Waals surface area contributed by atoms with Gasteiger partial charge in [0, 0.05) is 126 Å². The Morgan fingerprint density at radius 2 is 1.62 bits per heavy atom. The highest BCUT2D eigenvalue weighted by Gasteiger charge is 2.46. The van der Waals surface area contributed by atoms with Crippen molar-refractivity contribution in [2.45, 2.75) is 146 Å². The number of aryl methyl sites for hydroxylation is 1. The zero-order chi connectivity index (χ0) is 56.8. The maximum Gasteiger partial charge on any atom is 0.243 e. The number of likely N-dealkylation sites (tertiary alicyclic amines) is 2. The molecule has 0 spiro atoms. The number of amides is 2. The number of rotatable bonds is 17. The number of carbonyl (C=O) groups is 2. The molecule has 2 unspecified atom stereocenters. The number of aromatic hydroxyl groups is 1. The molecule has 2 amide bonds. The zero-order valence-electron chi connectivity index (χ0n) is 47.1. The molecule has 12 rings (SSSR count). The number of hydrogen-bond acceptors (Lipinski definition) is 18. The number of para-hydroxylation sites is 1. The minimum Gasteiger partial charge on any atom is -0.507 e. The van der Waals surface area contributed by atoms with E-state index in [0.29, 0.717) is 67.0 Å². The van der Waals surface area contributed by atoms with Crippen molar-refractivity contribution < 1.29 is 38.2 Å². The van der Waals surface area contributed by atoms with E-state index in [9.17, 15) is 19.8 Å². The Kier molecular flexibility index (Phi) is 15.8. The summed E-state index contributed by atoms with van der Waals surface area (Å²) in [6.07, 6.45) is 7.54. The van der Waals surface area contributed by atoms with Crippen molar-refractivity contribution in [2.24, 2.45) is 5.92 Å². The van der Waals surface area contributed by atoms with Crippen molar-refractivity contribution in [2.75, 3.05) is 72.8 Å². The van der Waals surface area contributed by atoms with Crippen molar-refractivity contribution in [3.63, 3.8) is 0 Å². The Bertz CT molecular complexity index is 3200. The van der Waals surface area contributed by atoms with Crippen LogP contribution in [0.4, 0.5) is 27.4 Å². The van der Waals surface area contributed by atoms with Gasteiger partial charge in [-0.3, -0.25) is 14.5 Å². The number of aliphatic hydroxyl groups is 1. The first-order chi connectivity index (χ1) is 39.6. The number of pyridine rings is 1. The summed E-state index contributed by atoms with van der Waals surface area (Å²) >= 11 is 1.59. The van der Waals surface area contributed by atoms with Crippen molar-refractivity contribution in [3.05, 3.63) is 102 Å². The predicted octanol–water partition coefficient (Wildman–Crippen LogP) is 8.08. The summed E-state index contributed by atoms with van der Waals surface area (Å²) in [7, 11) is 0. The van der Waals surface area contributed by atoms with Crippen molar-refractivity contribution >= 4 is 46.2 Å². The van der Waals surface area contributed by atoms with E-state index in [4.69, 9.17) is 19.7 Å². The number of nitrogen functional groups attached to an aromatic ring is 1. The van der Waals surface area contributed by atoms with Crippen LogP contribution in [0.1, 0.15) is 108 Å². The molecule has 5 N–H and O–H groups in total. The number of β-amino-alcohol motifs (C(OH)–C–C–N with tert-alkyl or cyclic N) is 1. The third-order valence-electron chi connectivity index (χ3n) is 18.0. The second-order valence-electron chi connectivity index (χ2n) is 24.0. The fraction of sp³-hybridized carbons (Fsp3) is 0.525. The van der Waals surface area contributed by atoms with Gasteiger partial charge in [0.25, 0.3) is 0 Å². The number of alkyl halides is 1. The summed E-state index contributed by atoms with van der Waals surface area (Å²) in [6, 6.07) is 22.4. The molecule has 4 aromatic heterocycles. The molecule has 434 valence electrons. The monoisotopic (exact) mass is 1140 g/mol. The number of carbonyl (C=O) groups excluding carboxylic acids is 2. The van der Waals surface area contributed by atoms with E-state index in [1.54, 1.807) is 29.5 Å². The van der Waals surface area contributed by atoms with Crippen LogP contribution < -0.4 is 30.5 Å². The highest BCUT2D eigenvalue weighted by atomic mass is 32.1. The minimum atomic E-state index is -1.34. The average Bonchev–Trinajstić information content (AvgIpc) is 4.17. The number of phenolic OH excluding ortho intramolecular Hbond substituents is 1. The highest BCUT2D eigenvalue weighted by molar-refractivity contribution is 7.13. The molecule has 19 nitrogen and oxygen atoms in total. The largest absolute Gasteiger partial charge is 0.507 e. The number of benzene rings is 2. The second kappa shape index (κ2) is 23.4. The van der Waals surface area contributed by atoms with Gasteiger partial charge in [0.15, 0.2) is 17.4 Å². The number of halogens is 1. The molecule has 9 heterocycles. The van der Waals surface area contributed by atoms with Crippen LogP contribution in [0, 0.1) is 12.8 Å². The van der Waals surface area contributed by atoms with E-state index in [1.807, 2.05) is 86.8 Å². The fourth-order valence-corrected chi connectivity index (χ4v) is 14.2. The van der Waals surface area contributed by atoms with Gasteiger partial charge in [-0.2, -0.15) is 0 Å². The molecular formula is C61H75FN12O7S. The quantitative estimate of drug-likeness (QED) is 0.0677. The molecule has 5 aliphatic heterocycles. The van der Waals surface area contributed by atoms with E-state index in [0.717, 1.165) is 97.8 Å². The number of fused-ring (bicyclic) bond motifs is 2. The lowest BCUT2D eigenvalue weighted by atomic mass is 9.90.